The van der Waals surface area contributed by atoms with Crippen LogP contribution in [0.3, 0.4) is 0 Å². The molecule has 0 spiro atoms. The molecule has 2 aromatic rings. The van der Waals surface area contributed by atoms with Crippen molar-refractivity contribution in [3.63, 3.8) is 0 Å². The molecule has 0 fully saturated rings. The predicted molar refractivity (Wildman–Crippen MR) is 88.0 cm³/mol. The lowest BCUT2D eigenvalue weighted by Gasteiger charge is -2.03. The highest BCUT2D eigenvalue weighted by molar-refractivity contribution is 9.10. The first-order valence-electron chi connectivity index (χ1n) is 6.60. The molecule has 0 atom stereocenters. The molecule has 0 bridgehead atoms. The van der Waals surface area contributed by atoms with Crippen LogP contribution >= 0.6 is 27.3 Å². The van der Waals surface area contributed by atoms with Gasteiger partial charge in [-0.3, -0.25) is 0 Å². The van der Waals surface area contributed by atoms with E-state index in [9.17, 15) is 0 Å². The summed E-state index contributed by atoms with van der Waals surface area (Å²) in [4.78, 5) is 0. The Morgan fingerprint density at radius 2 is 2.10 bits per heavy atom. The second-order valence-electron chi connectivity index (χ2n) is 4.34. The molecule has 1 heterocycles. The fraction of sp³-hybridized carbons (Fsp3) is 0.429. The standard InChI is InChI=1S/C14H18BrN3O2S/c1-19-8-7-16-6-5-13-17-18-14(21-13)11-9-10(20-2)3-4-12(11)15/h3-4,9,16H,5-8H2,1-2H3. The normalized spacial score (nSPS) is 10.8. The summed E-state index contributed by atoms with van der Waals surface area (Å²) in [5.74, 6) is 0.811. The zero-order valence-electron chi connectivity index (χ0n) is 12.1. The van der Waals surface area contributed by atoms with Gasteiger partial charge in [-0.2, -0.15) is 0 Å². The van der Waals surface area contributed by atoms with Crippen molar-refractivity contribution < 1.29 is 9.47 Å². The Labute approximate surface area is 136 Å². The fourth-order valence-corrected chi connectivity index (χ4v) is 3.19. The van der Waals surface area contributed by atoms with Crippen molar-refractivity contribution in [1.29, 1.82) is 0 Å². The number of hydrogen-bond donors (Lipinski definition) is 1. The Morgan fingerprint density at radius 1 is 1.24 bits per heavy atom. The predicted octanol–water partition coefficient (Wildman–Crippen LogP) is 2.75. The summed E-state index contributed by atoms with van der Waals surface area (Å²) in [6.45, 7) is 2.44. The molecule has 7 heteroatoms. The van der Waals surface area contributed by atoms with Gasteiger partial charge in [0.05, 0.1) is 13.7 Å². The number of benzene rings is 1. The zero-order chi connectivity index (χ0) is 15.1. The molecule has 0 radical (unpaired) electrons. The number of halogens is 1. The molecule has 114 valence electrons. The van der Waals surface area contributed by atoms with Crippen LogP contribution in [0.1, 0.15) is 5.01 Å². The van der Waals surface area contributed by atoms with E-state index in [1.54, 1.807) is 25.6 Å². The summed E-state index contributed by atoms with van der Waals surface area (Å²) < 4.78 is 11.2. The van der Waals surface area contributed by atoms with Gasteiger partial charge in [0.15, 0.2) is 0 Å². The highest BCUT2D eigenvalue weighted by atomic mass is 79.9. The van der Waals surface area contributed by atoms with Crippen molar-refractivity contribution in [3.05, 3.63) is 27.7 Å². The second kappa shape index (κ2) is 8.43. The van der Waals surface area contributed by atoms with E-state index in [-0.39, 0.29) is 0 Å². The Kier molecular flexibility index (Phi) is 6.56. The molecular formula is C14H18BrN3O2S. The summed E-state index contributed by atoms with van der Waals surface area (Å²) in [5.41, 5.74) is 1.01. The van der Waals surface area contributed by atoms with E-state index in [0.29, 0.717) is 0 Å². The van der Waals surface area contributed by atoms with Crippen LogP contribution in [-0.2, 0) is 11.2 Å². The van der Waals surface area contributed by atoms with Crippen LogP contribution in [0.4, 0.5) is 0 Å². The lowest BCUT2D eigenvalue weighted by atomic mass is 10.2. The minimum atomic E-state index is 0.720. The second-order valence-corrected chi connectivity index (χ2v) is 6.26. The molecule has 0 unspecified atom stereocenters. The van der Waals surface area contributed by atoms with Crippen LogP contribution in [0.15, 0.2) is 22.7 Å². The van der Waals surface area contributed by atoms with Gasteiger partial charge in [0, 0.05) is 36.7 Å². The molecule has 0 amide bonds. The summed E-state index contributed by atoms with van der Waals surface area (Å²) in [7, 11) is 3.36. The number of ether oxygens (including phenoxy) is 2. The highest BCUT2D eigenvalue weighted by Gasteiger charge is 2.11. The van der Waals surface area contributed by atoms with Crippen molar-refractivity contribution in [1.82, 2.24) is 15.5 Å². The van der Waals surface area contributed by atoms with E-state index in [1.807, 2.05) is 18.2 Å². The maximum absolute atomic E-state index is 5.25. The van der Waals surface area contributed by atoms with Crippen LogP contribution < -0.4 is 10.1 Å². The number of aromatic nitrogens is 2. The molecule has 5 nitrogen and oxygen atoms in total. The SMILES string of the molecule is COCCNCCc1nnc(-c2cc(OC)ccc2Br)s1. The first-order chi connectivity index (χ1) is 10.2. The highest BCUT2D eigenvalue weighted by Crippen LogP contribution is 2.33. The summed E-state index contributed by atoms with van der Waals surface area (Å²) in [6.07, 6.45) is 0.864. The molecule has 1 N–H and O–H groups in total. The van der Waals surface area contributed by atoms with Gasteiger partial charge in [0.25, 0.3) is 0 Å². The average Bonchev–Trinajstić information content (AvgIpc) is 2.96. The molecular weight excluding hydrogens is 354 g/mol. The average molecular weight is 372 g/mol. The van der Waals surface area contributed by atoms with Crippen molar-refractivity contribution in [2.24, 2.45) is 0 Å². The third-order valence-corrected chi connectivity index (χ3v) is 4.58. The van der Waals surface area contributed by atoms with Crippen LogP contribution in [0.2, 0.25) is 0 Å². The lowest BCUT2D eigenvalue weighted by Crippen LogP contribution is -2.21. The van der Waals surface area contributed by atoms with E-state index in [1.165, 1.54) is 0 Å². The van der Waals surface area contributed by atoms with Gasteiger partial charge in [0.1, 0.15) is 15.8 Å². The van der Waals surface area contributed by atoms with Gasteiger partial charge in [-0.05, 0) is 18.2 Å². The molecule has 1 aromatic heterocycles. The number of hydrogen-bond acceptors (Lipinski definition) is 6. The molecule has 0 aliphatic carbocycles. The fourth-order valence-electron chi connectivity index (χ4n) is 1.75. The molecule has 1 aromatic carbocycles. The van der Waals surface area contributed by atoms with Crippen LogP contribution in [0, 0.1) is 0 Å². The molecule has 21 heavy (non-hydrogen) atoms. The van der Waals surface area contributed by atoms with E-state index in [4.69, 9.17) is 9.47 Å². The first-order valence-corrected chi connectivity index (χ1v) is 8.21. The van der Waals surface area contributed by atoms with Gasteiger partial charge in [-0.15, -0.1) is 10.2 Å². The first kappa shape index (κ1) is 16.4. The quantitative estimate of drug-likeness (QED) is 0.723. The topological polar surface area (TPSA) is 56.3 Å². The summed E-state index contributed by atoms with van der Waals surface area (Å²) >= 11 is 5.15. The molecule has 2 rings (SSSR count). The maximum atomic E-state index is 5.25. The smallest absolute Gasteiger partial charge is 0.149 e. The third kappa shape index (κ3) is 4.74. The molecule has 0 aliphatic heterocycles. The van der Waals surface area contributed by atoms with E-state index >= 15 is 0 Å². The number of nitrogens with one attached hydrogen (secondary N) is 1. The maximum Gasteiger partial charge on any atom is 0.149 e. The van der Waals surface area contributed by atoms with Crippen molar-refractivity contribution in [2.75, 3.05) is 33.9 Å². The van der Waals surface area contributed by atoms with Gasteiger partial charge < -0.3 is 14.8 Å². The Balaban J connectivity index is 1.99. The number of nitrogens with zero attached hydrogens (tertiary/aromatic N) is 2. The van der Waals surface area contributed by atoms with E-state index < -0.39 is 0 Å². The summed E-state index contributed by atoms with van der Waals surface area (Å²) in [6, 6.07) is 5.84. The van der Waals surface area contributed by atoms with Crippen molar-refractivity contribution in [2.45, 2.75) is 6.42 Å². The van der Waals surface area contributed by atoms with Crippen LogP contribution in [-0.4, -0.2) is 44.1 Å². The largest absolute Gasteiger partial charge is 0.497 e. The Hall–Kier alpha value is -1.02. The van der Waals surface area contributed by atoms with E-state index in [0.717, 1.165) is 51.9 Å². The van der Waals surface area contributed by atoms with Crippen molar-refractivity contribution >= 4 is 27.3 Å². The minimum absolute atomic E-state index is 0.720. The van der Waals surface area contributed by atoms with Crippen LogP contribution in [0.25, 0.3) is 10.6 Å². The molecule has 0 saturated carbocycles. The van der Waals surface area contributed by atoms with Gasteiger partial charge in [-0.1, -0.05) is 27.3 Å². The van der Waals surface area contributed by atoms with E-state index in [2.05, 4.69) is 31.4 Å². The van der Waals surface area contributed by atoms with Crippen LogP contribution in [0.5, 0.6) is 5.75 Å². The molecule has 0 saturated heterocycles. The minimum Gasteiger partial charge on any atom is -0.497 e. The third-order valence-electron chi connectivity index (χ3n) is 2.87. The number of methoxy groups -OCH3 is 2. The Morgan fingerprint density at radius 3 is 2.86 bits per heavy atom. The lowest BCUT2D eigenvalue weighted by molar-refractivity contribution is 0.199. The number of rotatable bonds is 8. The molecule has 0 aliphatic rings. The Bertz CT molecular complexity index is 577. The van der Waals surface area contributed by atoms with Gasteiger partial charge >= 0.3 is 0 Å². The van der Waals surface area contributed by atoms with Gasteiger partial charge in [0.2, 0.25) is 0 Å². The summed E-state index contributed by atoms with van der Waals surface area (Å²) in [5, 5.41) is 13.7. The zero-order valence-corrected chi connectivity index (χ0v) is 14.5. The van der Waals surface area contributed by atoms with Crippen molar-refractivity contribution in [3.8, 4) is 16.3 Å². The van der Waals surface area contributed by atoms with Gasteiger partial charge in [-0.25, -0.2) is 0 Å². The monoisotopic (exact) mass is 371 g/mol.